The Morgan fingerprint density at radius 3 is 2.68 bits per heavy atom. The quantitative estimate of drug-likeness (QED) is 0.328. The van der Waals surface area contributed by atoms with Crippen LogP contribution in [0.5, 0.6) is 17.2 Å². The Labute approximate surface area is 216 Å². The van der Waals surface area contributed by atoms with Gasteiger partial charge < -0.3 is 23.7 Å². The third kappa shape index (κ3) is 3.68. The second-order valence-corrected chi connectivity index (χ2v) is 9.19. The van der Waals surface area contributed by atoms with E-state index in [0.717, 1.165) is 5.56 Å². The average molecular weight is 518 g/mol. The van der Waals surface area contributed by atoms with E-state index in [4.69, 9.17) is 30.2 Å². The number of anilines is 1. The van der Waals surface area contributed by atoms with Crippen molar-refractivity contribution in [1.82, 2.24) is 0 Å². The van der Waals surface area contributed by atoms with E-state index in [1.807, 2.05) is 25.1 Å². The summed E-state index contributed by atoms with van der Waals surface area (Å²) in [5.74, 6) is -0.686. The van der Waals surface area contributed by atoms with Gasteiger partial charge in [-0.1, -0.05) is 41.4 Å². The van der Waals surface area contributed by atoms with Gasteiger partial charge in [-0.3, -0.25) is 14.5 Å². The fraction of sp³-hybridized carbons (Fsp3) is 0.143. The summed E-state index contributed by atoms with van der Waals surface area (Å²) in [5.41, 5.74) is 2.25. The Balaban J connectivity index is 1.50. The lowest BCUT2D eigenvalue weighted by atomic mass is 9.94. The number of halogens is 1. The van der Waals surface area contributed by atoms with E-state index in [1.54, 1.807) is 36.4 Å². The summed E-state index contributed by atoms with van der Waals surface area (Å²) in [7, 11) is 1.47. The third-order valence-corrected chi connectivity index (χ3v) is 6.65. The predicted molar refractivity (Wildman–Crippen MR) is 136 cm³/mol. The number of hydrogen-bond acceptors (Lipinski definition) is 7. The van der Waals surface area contributed by atoms with Gasteiger partial charge in [-0.15, -0.1) is 0 Å². The number of ketones is 1. The SMILES string of the molecule is COc1cc(Cl)cc2cc(C(=O)C3=C(O)C(=O)N(c4ccc5c(c4)OCO5)C3c3cccc(C)c3)oc12. The second-order valence-electron chi connectivity index (χ2n) is 8.76. The zero-order valence-corrected chi connectivity index (χ0v) is 20.5. The number of furan rings is 1. The van der Waals surface area contributed by atoms with Crippen molar-refractivity contribution in [3.63, 3.8) is 0 Å². The van der Waals surface area contributed by atoms with Crippen LogP contribution in [0.25, 0.3) is 11.0 Å². The molecule has 1 atom stereocenters. The van der Waals surface area contributed by atoms with Gasteiger partial charge in [-0.2, -0.15) is 0 Å². The molecule has 2 aliphatic heterocycles. The van der Waals surface area contributed by atoms with Crippen molar-refractivity contribution in [1.29, 1.82) is 0 Å². The molecule has 1 N–H and O–H groups in total. The number of nitrogens with zero attached hydrogens (tertiary/aromatic N) is 1. The van der Waals surface area contributed by atoms with Crippen LogP contribution in [0.15, 0.2) is 76.4 Å². The number of amides is 1. The van der Waals surface area contributed by atoms with Crippen molar-refractivity contribution >= 4 is 39.9 Å². The maximum absolute atomic E-state index is 13.9. The van der Waals surface area contributed by atoms with Gasteiger partial charge in [0.1, 0.15) is 0 Å². The lowest BCUT2D eigenvalue weighted by Crippen LogP contribution is -2.31. The molecule has 37 heavy (non-hydrogen) atoms. The molecule has 4 aromatic rings. The minimum Gasteiger partial charge on any atom is -0.503 e. The molecule has 2 aliphatic rings. The summed E-state index contributed by atoms with van der Waals surface area (Å²) in [4.78, 5) is 28.7. The van der Waals surface area contributed by atoms with Crippen LogP contribution < -0.4 is 19.1 Å². The Morgan fingerprint density at radius 2 is 1.89 bits per heavy atom. The van der Waals surface area contributed by atoms with Gasteiger partial charge in [0.15, 0.2) is 34.4 Å². The Bertz CT molecular complexity index is 1640. The number of carbonyl (C=O) groups excluding carboxylic acids is 2. The highest BCUT2D eigenvalue weighted by Gasteiger charge is 2.45. The van der Waals surface area contributed by atoms with Gasteiger partial charge in [0.05, 0.1) is 18.7 Å². The summed E-state index contributed by atoms with van der Waals surface area (Å²) >= 11 is 6.18. The van der Waals surface area contributed by atoms with E-state index < -0.39 is 23.5 Å². The van der Waals surface area contributed by atoms with Crippen LogP contribution >= 0.6 is 11.6 Å². The standard InChI is InChI=1S/C28H20ClNO7/c1-14-4-3-5-15(8-14)24-23(25(31)21-10-16-9-17(29)11-22(34-2)27(16)37-21)26(32)28(33)30(24)18-6-7-19-20(12-18)36-13-35-19/h3-12,24,32H,13H2,1-2H3. The molecule has 3 heterocycles. The van der Waals surface area contributed by atoms with E-state index in [0.29, 0.717) is 44.5 Å². The number of carbonyl (C=O) groups is 2. The first kappa shape index (κ1) is 23.0. The van der Waals surface area contributed by atoms with Crippen LogP contribution in [0.1, 0.15) is 27.7 Å². The molecule has 0 bridgehead atoms. The van der Waals surface area contributed by atoms with E-state index in [2.05, 4.69) is 0 Å². The van der Waals surface area contributed by atoms with Gasteiger partial charge in [-0.25, -0.2) is 0 Å². The van der Waals surface area contributed by atoms with Crippen LogP contribution in [0.4, 0.5) is 5.69 Å². The largest absolute Gasteiger partial charge is 0.503 e. The molecule has 0 saturated heterocycles. The molecule has 1 amide bonds. The third-order valence-electron chi connectivity index (χ3n) is 6.44. The van der Waals surface area contributed by atoms with E-state index in [1.165, 1.54) is 18.1 Å². The summed E-state index contributed by atoms with van der Waals surface area (Å²) in [5, 5.41) is 12.0. The zero-order valence-electron chi connectivity index (χ0n) is 19.8. The number of aliphatic hydroxyl groups excluding tert-OH is 1. The number of fused-ring (bicyclic) bond motifs is 2. The van der Waals surface area contributed by atoms with Gasteiger partial charge in [0.2, 0.25) is 12.6 Å². The molecule has 3 aromatic carbocycles. The number of aryl methyl sites for hydroxylation is 1. The summed E-state index contributed by atoms with van der Waals surface area (Å²) < 4.78 is 22.1. The Morgan fingerprint density at radius 1 is 1.08 bits per heavy atom. The lowest BCUT2D eigenvalue weighted by Gasteiger charge is -2.27. The number of ether oxygens (including phenoxy) is 3. The molecule has 0 spiro atoms. The fourth-order valence-electron chi connectivity index (χ4n) is 4.78. The van der Waals surface area contributed by atoms with Crippen LogP contribution in [-0.2, 0) is 4.79 Å². The maximum Gasteiger partial charge on any atom is 0.294 e. The highest BCUT2D eigenvalue weighted by Crippen LogP contribution is 2.45. The highest BCUT2D eigenvalue weighted by molar-refractivity contribution is 6.31. The fourth-order valence-corrected chi connectivity index (χ4v) is 4.99. The van der Waals surface area contributed by atoms with Crippen molar-refractivity contribution in [3.05, 3.63) is 93.9 Å². The number of hydrogen-bond donors (Lipinski definition) is 1. The van der Waals surface area contributed by atoms with Crippen LogP contribution in [0.3, 0.4) is 0 Å². The number of aliphatic hydroxyl groups is 1. The van der Waals surface area contributed by atoms with Gasteiger partial charge in [0, 0.05) is 28.2 Å². The molecule has 1 aromatic heterocycles. The topological polar surface area (TPSA) is 98.4 Å². The number of Topliss-reactive ketones (excluding diaryl/α,β-unsaturated/α-hetero) is 1. The number of methoxy groups -OCH3 is 1. The molecular formula is C28H20ClNO7. The Kier molecular flexibility index (Phi) is 5.35. The molecule has 186 valence electrons. The van der Waals surface area contributed by atoms with Crippen LogP contribution in [0, 0.1) is 6.92 Å². The first-order valence-corrected chi connectivity index (χ1v) is 11.8. The molecule has 1 unspecified atom stereocenters. The van der Waals surface area contributed by atoms with Gasteiger partial charge in [-0.05, 0) is 36.8 Å². The molecule has 0 aliphatic carbocycles. The monoisotopic (exact) mass is 517 g/mol. The van der Waals surface area contributed by atoms with E-state index >= 15 is 0 Å². The normalized spacial score (nSPS) is 16.7. The molecule has 0 fully saturated rings. The van der Waals surface area contributed by atoms with Crippen molar-refractivity contribution in [3.8, 4) is 17.2 Å². The minimum absolute atomic E-state index is 0.0601. The Hall–Kier alpha value is -4.43. The summed E-state index contributed by atoms with van der Waals surface area (Å²) in [6.45, 7) is 1.98. The van der Waals surface area contributed by atoms with Gasteiger partial charge in [0.25, 0.3) is 5.91 Å². The smallest absolute Gasteiger partial charge is 0.294 e. The molecule has 9 heteroatoms. The summed E-state index contributed by atoms with van der Waals surface area (Å²) in [6.07, 6.45) is 0. The van der Waals surface area contributed by atoms with E-state index in [9.17, 15) is 14.7 Å². The van der Waals surface area contributed by atoms with Crippen molar-refractivity contribution in [2.24, 2.45) is 0 Å². The van der Waals surface area contributed by atoms with Crippen LogP contribution in [-0.4, -0.2) is 30.7 Å². The first-order valence-electron chi connectivity index (χ1n) is 11.4. The van der Waals surface area contributed by atoms with E-state index in [-0.39, 0.29) is 18.1 Å². The molecular weight excluding hydrogens is 498 g/mol. The first-order chi connectivity index (χ1) is 17.9. The minimum atomic E-state index is -0.918. The molecule has 6 rings (SSSR count). The average Bonchev–Trinajstić information content (AvgIpc) is 3.59. The molecule has 8 nitrogen and oxygen atoms in total. The highest BCUT2D eigenvalue weighted by atomic mass is 35.5. The van der Waals surface area contributed by atoms with Crippen LogP contribution in [0.2, 0.25) is 5.02 Å². The van der Waals surface area contributed by atoms with Crippen molar-refractivity contribution in [2.75, 3.05) is 18.8 Å². The van der Waals surface area contributed by atoms with Crippen molar-refractivity contribution in [2.45, 2.75) is 13.0 Å². The second kappa shape index (κ2) is 8.60. The molecule has 0 radical (unpaired) electrons. The van der Waals surface area contributed by atoms with Gasteiger partial charge >= 0.3 is 0 Å². The van der Waals surface area contributed by atoms with Crippen molar-refractivity contribution < 1.29 is 33.3 Å². The summed E-state index contributed by atoms with van der Waals surface area (Å²) in [6, 6.07) is 16.3. The predicted octanol–water partition coefficient (Wildman–Crippen LogP) is 5.91. The number of benzene rings is 3. The molecule has 0 saturated carbocycles. The maximum atomic E-state index is 13.9. The zero-order chi connectivity index (χ0) is 25.8. The number of rotatable bonds is 5. The lowest BCUT2D eigenvalue weighted by molar-refractivity contribution is -0.117.